The summed E-state index contributed by atoms with van der Waals surface area (Å²) in [5.74, 6) is 2.37. The molecule has 1 atom stereocenters. The van der Waals surface area contributed by atoms with Crippen LogP contribution in [0.25, 0.3) is 0 Å². The molecule has 18 heavy (non-hydrogen) atoms. The molecule has 1 aliphatic carbocycles. The highest BCUT2D eigenvalue weighted by Gasteiger charge is 2.29. The van der Waals surface area contributed by atoms with Crippen molar-refractivity contribution in [2.45, 2.75) is 71.6 Å². The lowest BCUT2D eigenvalue weighted by Crippen LogP contribution is -2.20. The fraction of sp³-hybridized carbons (Fsp3) is 0.882. The third-order valence-corrected chi connectivity index (χ3v) is 5.14. The molecule has 0 aliphatic heterocycles. The first kappa shape index (κ1) is 16.1. The molecule has 0 aromatic carbocycles. The molecule has 1 aliphatic rings. The van der Waals surface area contributed by atoms with Crippen molar-refractivity contribution in [2.24, 2.45) is 11.3 Å². The third-order valence-electron chi connectivity index (χ3n) is 4.16. The van der Waals surface area contributed by atoms with Crippen LogP contribution >= 0.6 is 11.8 Å². The molecule has 1 heteroatoms. The van der Waals surface area contributed by atoms with Gasteiger partial charge >= 0.3 is 0 Å². The molecule has 0 aromatic heterocycles. The molecule has 1 unspecified atom stereocenters. The Hall–Kier alpha value is 0.0900. The van der Waals surface area contributed by atoms with E-state index in [1.54, 1.807) is 0 Å². The van der Waals surface area contributed by atoms with Gasteiger partial charge in [0.15, 0.2) is 0 Å². The van der Waals surface area contributed by atoms with E-state index in [4.69, 9.17) is 0 Å². The zero-order chi connectivity index (χ0) is 13.4. The van der Waals surface area contributed by atoms with Gasteiger partial charge in [-0.25, -0.2) is 0 Å². The average molecular weight is 269 g/mol. The first-order valence-corrected chi connectivity index (χ1v) is 9.14. The summed E-state index contributed by atoms with van der Waals surface area (Å²) in [7, 11) is 0. The average Bonchev–Trinajstić information content (AvgIpc) is 3.11. The molecule has 0 aromatic rings. The molecule has 0 heterocycles. The van der Waals surface area contributed by atoms with Gasteiger partial charge in [0.1, 0.15) is 0 Å². The largest absolute Gasteiger partial charge is 0.165 e. The minimum Gasteiger partial charge on any atom is -0.165 e. The smallest absolute Gasteiger partial charge is 0.00132 e. The molecule has 0 saturated heterocycles. The zero-order valence-corrected chi connectivity index (χ0v) is 13.6. The molecule has 0 amide bonds. The third kappa shape index (κ3) is 6.87. The predicted octanol–water partition coefficient (Wildman–Crippen LogP) is 6.07. The van der Waals surface area contributed by atoms with E-state index in [0.29, 0.717) is 5.41 Å². The summed E-state index contributed by atoms with van der Waals surface area (Å²) in [4.78, 5) is 0. The quantitative estimate of drug-likeness (QED) is 0.323. The van der Waals surface area contributed by atoms with Crippen molar-refractivity contribution in [2.75, 3.05) is 12.0 Å². The molecule has 0 bridgehead atoms. The molecule has 0 radical (unpaired) electrons. The Labute approximate surface area is 119 Å². The van der Waals surface area contributed by atoms with Crippen molar-refractivity contribution in [3.8, 4) is 0 Å². The summed E-state index contributed by atoms with van der Waals surface area (Å²) in [5, 5.41) is 0. The lowest BCUT2D eigenvalue weighted by molar-refractivity contribution is 0.319. The highest BCUT2D eigenvalue weighted by Crippen LogP contribution is 2.41. The van der Waals surface area contributed by atoms with E-state index in [0.717, 1.165) is 5.92 Å². The first-order chi connectivity index (χ1) is 8.59. The van der Waals surface area contributed by atoms with Crippen LogP contribution in [-0.4, -0.2) is 12.0 Å². The van der Waals surface area contributed by atoms with Gasteiger partial charge in [0.05, 0.1) is 0 Å². The lowest BCUT2D eigenvalue weighted by atomic mass is 9.80. The van der Waals surface area contributed by atoms with Gasteiger partial charge in [0.2, 0.25) is 0 Å². The zero-order valence-electron chi connectivity index (χ0n) is 12.8. The fourth-order valence-corrected chi connectivity index (χ4v) is 3.78. The monoisotopic (exact) mass is 268 g/mol. The van der Waals surface area contributed by atoms with E-state index < -0.39 is 0 Å². The highest BCUT2D eigenvalue weighted by atomic mass is 32.2. The Morgan fingerprint density at radius 3 is 2.61 bits per heavy atom. The van der Waals surface area contributed by atoms with Gasteiger partial charge in [0, 0.05) is 0 Å². The highest BCUT2D eigenvalue weighted by molar-refractivity contribution is 7.98. The minimum atomic E-state index is 0.505. The van der Waals surface area contributed by atoms with Crippen LogP contribution < -0.4 is 0 Å². The molecule has 106 valence electrons. The molecular weight excluding hydrogens is 236 g/mol. The number of hydrogen-bond donors (Lipinski definition) is 0. The van der Waals surface area contributed by atoms with Gasteiger partial charge in [-0.2, -0.15) is 11.8 Å². The normalized spacial score (nSPS) is 18.6. The Bertz CT molecular complexity index is 242. The van der Waals surface area contributed by atoms with E-state index in [1.165, 1.54) is 69.1 Å². The first-order valence-electron chi connectivity index (χ1n) is 7.75. The maximum absolute atomic E-state index is 4.33. The fourth-order valence-electron chi connectivity index (χ4n) is 2.84. The van der Waals surface area contributed by atoms with Crippen molar-refractivity contribution < 1.29 is 0 Å². The molecule has 0 nitrogen and oxygen atoms in total. The Balaban J connectivity index is 2.31. The minimum absolute atomic E-state index is 0.505. The summed E-state index contributed by atoms with van der Waals surface area (Å²) in [6, 6.07) is 0. The Morgan fingerprint density at radius 2 is 2.06 bits per heavy atom. The van der Waals surface area contributed by atoms with Crippen molar-refractivity contribution >= 4 is 11.8 Å². The van der Waals surface area contributed by atoms with Gasteiger partial charge in [-0.1, -0.05) is 51.7 Å². The van der Waals surface area contributed by atoms with Crippen LogP contribution in [0.5, 0.6) is 0 Å². The van der Waals surface area contributed by atoms with Crippen molar-refractivity contribution in [3.63, 3.8) is 0 Å². The van der Waals surface area contributed by atoms with Crippen LogP contribution in [0.2, 0.25) is 0 Å². The van der Waals surface area contributed by atoms with Gasteiger partial charge in [-0.05, 0) is 55.4 Å². The maximum atomic E-state index is 4.33. The maximum Gasteiger partial charge on any atom is -0.00132 e. The van der Waals surface area contributed by atoms with Gasteiger partial charge < -0.3 is 0 Å². The van der Waals surface area contributed by atoms with E-state index >= 15 is 0 Å². The summed E-state index contributed by atoms with van der Waals surface area (Å²) in [6.45, 7) is 9.08. The molecule has 1 fully saturated rings. The topological polar surface area (TPSA) is 0 Å². The van der Waals surface area contributed by atoms with E-state index in [2.05, 4.69) is 26.7 Å². The summed E-state index contributed by atoms with van der Waals surface area (Å²) in [5.41, 5.74) is 2.00. The number of thioether (sulfide) groups is 1. The summed E-state index contributed by atoms with van der Waals surface area (Å²) in [6.07, 6.45) is 14.6. The van der Waals surface area contributed by atoms with Crippen LogP contribution in [0.3, 0.4) is 0 Å². The van der Waals surface area contributed by atoms with Gasteiger partial charge in [-0.15, -0.1) is 0 Å². The van der Waals surface area contributed by atoms with Crippen molar-refractivity contribution in [1.82, 2.24) is 0 Å². The lowest BCUT2D eigenvalue weighted by Gasteiger charge is -2.30. The van der Waals surface area contributed by atoms with Crippen molar-refractivity contribution in [3.05, 3.63) is 12.2 Å². The van der Waals surface area contributed by atoms with Crippen molar-refractivity contribution in [1.29, 1.82) is 0 Å². The van der Waals surface area contributed by atoms with Gasteiger partial charge in [0.25, 0.3) is 0 Å². The van der Waals surface area contributed by atoms with E-state index in [9.17, 15) is 0 Å². The van der Waals surface area contributed by atoms with Crippen LogP contribution in [0.4, 0.5) is 0 Å². The van der Waals surface area contributed by atoms with Gasteiger partial charge in [-0.3, -0.25) is 0 Å². The number of rotatable bonds is 11. The summed E-state index contributed by atoms with van der Waals surface area (Å²) < 4.78 is 0. The summed E-state index contributed by atoms with van der Waals surface area (Å²) >= 11 is 2.01. The second-order valence-corrected chi connectivity index (χ2v) is 7.48. The molecule has 1 saturated carbocycles. The molecule has 0 N–H and O–H groups in total. The number of hydrogen-bond acceptors (Lipinski definition) is 1. The van der Waals surface area contributed by atoms with Crippen LogP contribution in [0.1, 0.15) is 71.6 Å². The standard InChI is InChI=1S/C17H32S/c1-5-6-7-8-15(2)13-17(3,14-18-4)12-11-16-9-10-16/h16H,2,5-14H2,1,3-4H3. The second kappa shape index (κ2) is 8.30. The predicted molar refractivity (Wildman–Crippen MR) is 86.3 cm³/mol. The number of allylic oxidation sites excluding steroid dienone is 1. The van der Waals surface area contributed by atoms with Crippen LogP contribution in [0.15, 0.2) is 12.2 Å². The van der Waals surface area contributed by atoms with E-state index in [-0.39, 0.29) is 0 Å². The molecule has 1 rings (SSSR count). The van der Waals surface area contributed by atoms with Crippen LogP contribution in [-0.2, 0) is 0 Å². The Morgan fingerprint density at radius 1 is 1.33 bits per heavy atom. The number of unbranched alkanes of at least 4 members (excludes halogenated alkanes) is 2. The molecular formula is C17H32S. The molecule has 0 spiro atoms. The SMILES string of the molecule is C=C(CCCCC)CC(C)(CCC1CC1)CSC. The van der Waals surface area contributed by atoms with Crippen LogP contribution in [0, 0.1) is 11.3 Å². The second-order valence-electron chi connectivity index (χ2n) is 6.61. The Kier molecular flexibility index (Phi) is 7.44. The van der Waals surface area contributed by atoms with E-state index in [1.807, 2.05) is 11.8 Å².